The number of rotatable bonds is 0. The molecule has 1 atom stereocenters. The fourth-order valence-corrected chi connectivity index (χ4v) is 3.76. The average Bonchev–Trinajstić information content (AvgIpc) is 2.79. The van der Waals surface area contributed by atoms with Crippen molar-refractivity contribution in [3.05, 3.63) is 29.3 Å². The Morgan fingerprint density at radius 1 is 1.27 bits per heavy atom. The highest BCUT2D eigenvalue weighted by atomic mass is 14.6. The fourth-order valence-electron chi connectivity index (χ4n) is 3.76. The SMILES string of the molecule is C[C@H]1c2cccc(N)c2CC12CCCC2. The number of anilines is 1. The molecule has 1 saturated carbocycles. The van der Waals surface area contributed by atoms with Crippen LogP contribution >= 0.6 is 0 Å². The first-order valence-corrected chi connectivity index (χ1v) is 6.10. The molecular weight excluding hydrogens is 182 g/mol. The largest absolute Gasteiger partial charge is 0.398 e. The molecule has 0 aliphatic heterocycles. The Hall–Kier alpha value is -0.980. The summed E-state index contributed by atoms with van der Waals surface area (Å²) in [5.41, 5.74) is 10.6. The minimum atomic E-state index is 0.567. The summed E-state index contributed by atoms with van der Waals surface area (Å²) >= 11 is 0. The second-order valence-electron chi connectivity index (χ2n) is 5.38. The van der Waals surface area contributed by atoms with Gasteiger partial charge < -0.3 is 5.73 Å². The van der Waals surface area contributed by atoms with Crippen LogP contribution < -0.4 is 5.73 Å². The van der Waals surface area contributed by atoms with Gasteiger partial charge in [0.05, 0.1) is 0 Å². The second-order valence-corrected chi connectivity index (χ2v) is 5.38. The molecule has 80 valence electrons. The lowest BCUT2D eigenvalue weighted by atomic mass is 9.76. The van der Waals surface area contributed by atoms with E-state index in [1.165, 1.54) is 43.2 Å². The van der Waals surface area contributed by atoms with E-state index in [0.717, 1.165) is 11.6 Å². The molecule has 1 spiro atoms. The molecule has 15 heavy (non-hydrogen) atoms. The molecule has 0 aromatic heterocycles. The van der Waals surface area contributed by atoms with E-state index in [-0.39, 0.29) is 0 Å². The Morgan fingerprint density at radius 2 is 2.00 bits per heavy atom. The van der Waals surface area contributed by atoms with E-state index >= 15 is 0 Å². The molecule has 1 heteroatoms. The zero-order chi connectivity index (χ0) is 10.5. The predicted octanol–water partition coefficient (Wildman–Crippen LogP) is 3.49. The molecule has 2 aliphatic rings. The molecule has 0 heterocycles. The van der Waals surface area contributed by atoms with Crippen LogP contribution in [-0.2, 0) is 6.42 Å². The number of hydrogen-bond donors (Lipinski definition) is 1. The van der Waals surface area contributed by atoms with Crippen LogP contribution in [0.2, 0.25) is 0 Å². The van der Waals surface area contributed by atoms with Crippen molar-refractivity contribution in [1.82, 2.24) is 0 Å². The Labute approximate surface area is 91.7 Å². The molecule has 1 aromatic carbocycles. The van der Waals surface area contributed by atoms with Gasteiger partial charge in [-0.25, -0.2) is 0 Å². The van der Waals surface area contributed by atoms with Gasteiger partial charge in [-0.1, -0.05) is 31.9 Å². The van der Waals surface area contributed by atoms with Crippen LogP contribution in [0.25, 0.3) is 0 Å². The lowest BCUT2D eigenvalue weighted by Gasteiger charge is -2.28. The summed E-state index contributed by atoms with van der Waals surface area (Å²) < 4.78 is 0. The molecule has 1 nitrogen and oxygen atoms in total. The van der Waals surface area contributed by atoms with E-state index in [0.29, 0.717) is 5.41 Å². The minimum Gasteiger partial charge on any atom is -0.398 e. The van der Waals surface area contributed by atoms with Crippen molar-refractivity contribution in [2.24, 2.45) is 5.41 Å². The Bertz CT molecular complexity index is 388. The second kappa shape index (κ2) is 3.01. The third-order valence-electron chi connectivity index (χ3n) is 4.76. The molecule has 0 amide bonds. The maximum Gasteiger partial charge on any atom is 0.0349 e. The highest BCUT2D eigenvalue weighted by Gasteiger charge is 2.45. The summed E-state index contributed by atoms with van der Waals surface area (Å²) in [5, 5.41) is 0. The number of fused-ring (bicyclic) bond motifs is 1. The summed E-state index contributed by atoms with van der Waals surface area (Å²) in [6.45, 7) is 2.40. The summed E-state index contributed by atoms with van der Waals surface area (Å²) in [6.07, 6.45) is 6.87. The molecule has 1 fully saturated rings. The van der Waals surface area contributed by atoms with Crippen LogP contribution in [-0.4, -0.2) is 0 Å². The van der Waals surface area contributed by atoms with Crippen LogP contribution in [0.4, 0.5) is 5.69 Å². The van der Waals surface area contributed by atoms with E-state index in [1.54, 1.807) is 0 Å². The van der Waals surface area contributed by atoms with Gasteiger partial charge >= 0.3 is 0 Å². The molecule has 1 aromatic rings. The summed E-state index contributed by atoms with van der Waals surface area (Å²) in [4.78, 5) is 0. The Kier molecular flexibility index (Phi) is 1.86. The monoisotopic (exact) mass is 201 g/mol. The first-order chi connectivity index (χ1) is 7.23. The number of hydrogen-bond acceptors (Lipinski definition) is 1. The Balaban J connectivity index is 2.08. The van der Waals surface area contributed by atoms with Gasteiger partial charge in [-0.05, 0) is 47.8 Å². The van der Waals surface area contributed by atoms with Crippen LogP contribution in [0, 0.1) is 5.41 Å². The van der Waals surface area contributed by atoms with Crippen LogP contribution in [0.3, 0.4) is 0 Å². The summed E-state index contributed by atoms with van der Waals surface area (Å²) in [6, 6.07) is 6.45. The predicted molar refractivity (Wildman–Crippen MR) is 63.9 cm³/mol. The van der Waals surface area contributed by atoms with Crippen molar-refractivity contribution in [1.29, 1.82) is 0 Å². The van der Waals surface area contributed by atoms with Gasteiger partial charge in [0.15, 0.2) is 0 Å². The topological polar surface area (TPSA) is 26.0 Å². The lowest BCUT2D eigenvalue weighted by molar-refractivity contribution is 0.266. The zero-order valence-corrected chi connectivity index (χ0v) is 9.42. The molecule has 2 aliphatic carbocycles. The van der Waals surface area contributed by atoms with E-state index in [1.807, 2.05) is 0 Å². The van der Waals surface area contributed by atoms with Gasteiger partial charge in [0.1, 0.15) is 0 Å². The highest BCUT2D eigenvalue weighted by Crippen LogP contribution is 2.57. The van der Waals surface area contributed by atoms with Crippen molar-refractivity contribution in [3.8, 4) is 0 Å². The minimum absolute atomic E-state index is 0.567. The first kappa shape index (κ1) is 9.26. The van der Waals surface area contributed by atoms with Crippen molar-refractivity contribution in [2.75, 3.05) is 5.73 Å². The molecule has 3 rings (SSSR count). The van der Waals surface area contributed by atoms with Crippen LogP contribution in [0.15, 0.2) is 18.2 Å². The van der Waals surface area contributed by atoms with Crippen LogP contribution in [0.1, 0.15) is 49.7 Å². The zero-order valence-electron chi connectivity index (χ0n) is 9.42. The molecular formula is C14H19N. The maximum absolute atomic E-state index is 6.09. The molecule has 0 radical (unpaired) electrons. The average molecular weight is 201 g/mol. The highest BCUT2D eigenvalue weighted by molar-refractivity contribution is 5.55. The van der Waals surface area contributed by atoms with E-state index in [2.05, 4.69) is 25.1 Å². The van der Waals surface area contributed by atoms with Gasteiger partial charge in [0, 0.05) is 5.69 Å². The van der Waals surface area contributed by atoms with Crippen molar-refractivity contribution < 1.29 is 0 Å². The van der Waals surface area contributed by atoms with E-state index in [4.69, 9.17) is 5.73 Å². The van der Waals surface area contributed by atoms with Gasteiger partial charge in [-0.3, -0.25) is 0 Å². The summed E-state index contributed by atoms with van der Waals surface area (Å²) in [5.74, 6) is 0.721. The quantitative estimate of drug-likeness (QED) is 0.639. The van der Waals surface area contributed by atoms with Gasteiger partial charge in [0.25, 0.3) is 0 Å². The van der Waals surface area contributed by atoms with Crippen LogP contribution in [0.5, 0.6) is 0 Å². The van der Waals surface area contributed by atoms with E-state index < -0.39 is 0 Å². The van der Waals surface area contributed by atoms with Crippen molar-refractivity contribution >= 4 is 5.69 Å². The summed E-state index contributed by atoms with van der Waals surface area (Å²) in [7, 11) is 0. The standard InChI is InChI=1S/C14H19N/c1-10-11-5-4-6-13(15)12(11)9-14(10)7-2-3-8-14/h4-6,10H,2-3,7-9,15H2,1H3/t10-/m0/s1. The smallest absolute Gasteiger partial charge is 0.0349 e. The number of benzene rings is 1. The van der Waals surface area contributed by atoms with Gasteiger partial charge in [0.2, 0.25) is 0 Å². The van der Waals surface area contributed by atoms with Crippen molar-refractivity contribution in [2.45, 2.75) is 44.9 Å². The third kappa shape index (κ3) is 1.15. The van der Waals surface area contributed by atoms with Gasteiger partial charge in [-0.15, -0.1) is 0 Å². The van der Waals surface area contributed by atoms with E-state index in [9.17, 15) is 0 Å². The maximum atomic E-state index is 6.09. The van der Waals surface area contributed by atoms with Crippen molar-refractivity contribution in [3.63, 3.8) is 0 Å². The molecule has 0 bridgehead atoms. The molecule has 0 saturated heterocycles. The first-order valence-electron chi connectivity index (χ1n) is 6.10. The lowest BCUT2D eigenvalue weighted by Crippen LogP contribution is -2.19. The molecule has 2 N–H and O–H groups in total. The third-order valence-corrected chi connectivity index (χ3v) is 4.76. The molecule has 0 unspecified atom stereocenters. The number of nitrogen functional groups attached to an aromatic ring is 1. The van der Waals surface area contributed by atoms with Gasteiger partial charge in [-0.2, -0.15) is 0 Å². The number of nitrogens with two attached hydrogens (primary N) is 1. The fraction of sp³-hybridized carbons (Fsp3) is 0.571. The normalized spacial score (nSPS) is 27.1. The Morgan fingerprint density at radius 3 is 2.67 bits per heavy atom.